The average molecular weight is 250 g/mol. The number of nitrogens with zero attached hydrogens (tertiary/aromatic N) is 1. The molecule has 3 heteroatoms. The van der Waals surface area contributed by atoms with Crippen molar-refractivity contribution in [3.8, 4) is 0 Å². The minimum Gasteiger partial charge on any atom is -0.313 e. The summed E-state index contributed by atoms with van der Waals surface area (Å²) in [6, 6.07) is 19.9. The largest absolute Gasteiger partial charge is 0.313 e. The van der Waals surface area contributed by atoms with Gasteiger partial charge in [0.25, 0.3) is 0 Å². The molecule has 2 aromatic rings. The topological polar surface area (TPSA) is 23.5 Å². The first kappa shape index (κ1) is 13.7. The molecule has 0 aliphatic rings. The van der Waals surface area contributed by atoms with Crippen LogP contribution in [0, 0.1) is 0 Å². The van der Waals surface area contributed by atoms with Crippen molar-refractivity contribution in [2.75, 3.05) is 0 Å². The van der Waals surface area contributed by atoms with E-state index in [9.17, 15) is 5.21 Å². The number of halogens is 1. The van der Waals surface area contributed by atoms with E-state index in [4.69, 9.17) is 0 Å². The standard InChI is InChI=1S/C14H15NO.ClH/c16-15(11-13-7-3-1-4-8-13)12-14-9-5-2-6-10-14;/h1-10,16H,11-12H2;1H. The molecule has 0 radical (unpaired) electrons. The van der Waals surface area contributed by atoms with Gasteiger partial charge in [0, 0.05) is 13.1 Å². The Balaban J connectivity index is 0.00000144. The SMILES string of the molecule is Cl.ON(Cc1ccccc1)Cc1ccccc1. The highest BCUT2D eigenvalue weighted by molar-refractivity contribution is 5.85. The smallest absolute Gasteiger partial charge is 0.0492 e. The fourth-order valence-corrected chi connectivity index (χ4v) is 1.64. The van der Waals surface area contributed by atoms with Gasteiger partial charge in [0.1, 0.15) is 0 Å². The monoisotopic (exact) mass is 249 g/mol. The van der Waals surface area contributed by atoms with E-state index in [1.165, 1.54) is 5.06 Å². The van der Waals surface area contributed by atoms with Gasteiger partial charge in [-0.25, -0.2) is 0 Å². The maximum Gasteiger partial charge on any atom is 0.0492 e. The second-order valence-electron chi connectivity index (χ2n) is 3.79. The van der Waals surface area contributed by atoms with Gasteiger partial charge in [-0.3, -0.25) is 0 Å². The molecule has 0 aliphatic carbocycles. The van der Waals surface area contributed by atoms with Crippen molar-refractivity contribution in [2.24, 2.45) is 0 Å². The maximum absolute atomic E-state index is 9.79. The molecule has 0 aromatic heterocycles. The summed E-state index contributed by atoms with van der Waals surface area (Å²) >= 11 is 0. The van der Waals surface area contributed by atoms with Gasteiger partial charge in [0.05, 0.1) is 0 Å². The van der Waals surface area contributed by atoms with Crippen LogP contribution in [0.2, 0.25) is 0 Å². The molecular weight excluding hydrogens is 234 g/mol. The summed E-state index contributed by atoms with van der Waals surface area (Å²) in [6.07, 6.45) is 0. The van der Waals surface area contributed by atoms with E-state index < -0.39 is 0 Å². The Morgan fingerprint density at radius 1 is 0.706 bits per heavy atom. The van der Waals surface area contributed by atoms with Gasteiger partial charge in [-0.05, 0) is 11.1 Å². The molecule has 0 aliphatic heterocycles. The third kappa shape index (κ3) is 4.57. The Morgan fingerprint density at radius 3 is 1.41 bits per heavy atom. The highest BCUT2D eigenvalue weighted by Crippen LogP contribution is 2.07. The second kappa shape index (κ2) is 7.07. The van der Waals surface area contributed by atoms with Gasteiger partial charge in [-0.2, -0.15) is 5.06 Å². The first-order valence-electron chi connectivity index (χ1n) is 5.36. The minimum atomic E-state index is 0. The van der Waals surface area contributed by atoms with Crippen molar-refractivity contribution in [1.82, 2.24) is 5.06 Å². The molecule has 0 fully saturated rings. The number of hydrogen-bond acceptors (Lipinski definition) is 2. The van der Waals surface area contributed by atoms with Gasteiger partial charge >= 0.3 is 0 Å². The predicted molar refractivity (Wildman–Crippen MR) is 71.2 cm³/mol. The lowest BCUT2D eigenvalue weighted by Crippen LogP contribution is -2.17. The average Bonchev–Trinajstić information content (AvgIpc) is 2.31. The first-order valence-corrected chi connectivity index (χ1v) is 5.36. The molecule has 2 aromatic carbocycles. The number of hydroxylamine groups is 2. The highest BCUT2D eigenvalue weighted by atomic mass is 35.5. The van der Waals surface area contributed by atoms with Gasteiger partial charge in [-0.15, -0.1) is 12.4 Å². The van der Waals surface area contributed by atoms with Crippen LogP contribution in [0.15, 0.2) is 60.7 Å². The van der Waals surface area contributed by atoms with Crippen molar-refractivity contribution >= 4 is 12.4 Å². The number of hydrogen-bond donors (Lipinski definition) is 1. The van der Waals surface area contributed by atoms with Crippen LogP contribution >= 0.6 is 12.4 Å². The molecular formula is C14H16ClNO. The molecule has 0 atom stereocenters. The molecule has 0 spiro atoms. The van der Waals surface area contributed by atoms with E-state index in [-0.39, 0.29) is 12.4 Å². The molecule has 90 valence electrons. The molecule has 0 heterocycles. The summed E-state index contributed by atoms with van der Waals surface area (Å²) in [7, 11) is 0. The zero-order chi connectivity index (χ0) is 11.2. The van der Waals surface area contributed by atoms with Crippen LogP contribution in [0.4, 0.5) is 0 Å². The number of benzene rings is 2. The Kier molecular flexibility index (Phi) is 5.70. The lowest BCUT2D eigenvalue weighted by molar-refractivity contribution is -0.108. The molecule has 0 unspecified atom stereocenters. The Hall–Kier alpha value is -1.35. The van der Waals surface area contributed by atoms with Gasteiger partial charge in [0.15, 0.2) is 0 Å². The zero-order valence-electron chi connectivity index (χ0n) is 9.49. The summed E-state index contributed by atoms with van der Waals surface area (Å²) in [5.41, 5.74) is 2.22. The predicted octanol–water partition coefficient (Wildman–Crippen LogP) is 3.50. The van der Waals surface area contributed by atoms with E-state index >= 15 is 0 Å². The van der Waals surface area contributed by atoms with Crippen molar-refractivity contribution in [3.63, 3.8) is 0 Å². The zero-order valence-corrected chi connectivity index (χ0v) is 10.3. The van der Waals surface area contributed by atoms with E-state index in [1.54, 1.807) is 0 Å². The normalized spacial score (nSPS) is 10.0. The molecule has 2 nitrogen and oxygen atoms in total. The third-order valence-electron chi connectivity index (χ3n) is 2.42. The fraction of sp³-hybridized carbons (Fsp3) is 0.143. The van der Waals surface area contributed by atoms with Crippen LogP contribution in [0.25, 0.3) is 0 Å². The van der Waals surface area contributed by atoms with Crippen LogP contribution < -0.4 is 0 Å². The molecule has 0 bridgehead atoms. The number of rotatable bonds is 4. The molecule has 0 saturated carbocycles. The molecule has 17 heavy (non-hydrogen) atoms. The van der Waals surface area contributed by atoms with Crippen LogP contribution in [0.5, 0.6) is 0 Å². The van der Waals surface area contributed by atoms with Crippen molar-refractivity contribution < 1.29 is 5.21 Å². The van der Waals surface area contributed by atoms with Crippen molar-refractivity contribution in [1.29, 1.82) is 0 Å². The summed E-state index contributed by atoms with van der Waals surface area (Å²) < 4.78 is 0. The summed E-state index contributed by atoms with van der Waals surface area (Å²) in [5.74, 6) is 0. The van der Waals surface area contributed by atoms with Gasteiger partial charge < -0.3 is 5.21 Å². The van der Waals surface area contributed by atoms with Crippen LogP contribution in [0.1, 0.15) is 11.1 Å². The van der Waals surface area contributed by atoms with E-state index in [1.807, 2.05) is 60.7 Å². The van der Waals surface area contributed by atoms with E-state index in [0.29, 0.717) is 13.1 Å². The summed E-state index contributed by atoms with van der Waals surface area (Å²) in [5, 5.41) is 11.1. The van der Waals surface area contributed by atoms with Gasteiger partial charge in [-0.1, -0.05) is 60.7 Å². The molecule has 0 saturated heterocycles. The van der Waals surface area contributed by atoms with Crippen molar-refractivity contribution in [3.05, 3.63) is 71.8 Å². The minimum absolute atomic E-state index is 0. The van der Waals surface area contributed by atoms with Crippen LogP contribution in [0.3, 0.4) is 0 Å². The molecule has 0 amide bonds. The Labute approximate surface area is 108 Å². The fourth-order valence-electron chi connectivity index (χ4n) is 1.64. The third-order valence-corrected chi connectivity index (χ3v) is 2.42. The Bertz CT molecular complexity index is 377. The van der Waals surface area contributed by atoms with Crippen molar-refractivity contribution in [2.45, 2.75) is 13.1 Å². The van der Waals surface area contributed by atoms with Crippen LogP contribution in [-0.2, 0) is 13.1 Å². The second-order valence-corrected chi connectivity index (χ2v) is 3.79. The van der Waals surface area contributed by atoms with Crippen LogP contribution in [-0.4, -0.2) is 10.3 Å². The lowest BCUT2D eigenvalue weighted by atomic mass is 10.2. The van der Waals surface area contributed by atoms with E-state index in [0.717, 1.165) is 11.1 Å². The van der Waals surface area contributed by atoms with Gasteiger partial charge in [0.2, 0.25) is 0 Å². The molecule has 1 N–H and O–H groups in total. The summed E-state index contributed by atoms with van der Waals surface area (Å²) in [4.78, 5) is 0. The Morgan fingerprint density at radius 2 is 1.06 bits per heavy atom. The summed E-state index contributed by atoms with van der Waals surface area (Å²) in [6.45, 7) is 1.10. The van der Waals surface area contributed by atoms with E-state index in [2.05, 4.69) is 0 Å². The first-order chi connectivity index (χ1) is 7.84. The quantitative estimate of drug-likeness (QED) is 0.839. The highest BCUT2D eigenvalue weighted by Gasteiger charge is 2.02. The molecule has 2 rings (SSSR count). The lowest BCUT2D eigenvalue weighted by Gasteiger charge is -2.14. The maximum atomic E-state index is 9.79.